The normalized spacial score (nSPS) is 11.6. The van der Waals surface area contributed by atoms with Gasteiger partial charge in [0.2, 0.25) is 0 Å². The van der Waals surface area contributed by atoms with Gasteiger partial charge in [0.1, 0.15) is 0 Å². The number of hydrogen-bond donors (Lipinski definition) is 2. The summed E-state index contributed by atoms with van der Waals surface area (Å²) in [5, 5.41) is 11.8. The van der Waals surface area contributed by atoms with Crippen LogP contribution in [0.5, 0.6) is 0 Å². The van der Waals surface area contributed by atoms with Crippen LogP contribution in [0.15, 0.2) is 0 Å². The lowest BCUT2D eigenvalue weighted by molar-refractivity contribution is -0.139. The third-order valence-electron chi connectivity index (χ3n) is 1.35. The monoisotopic (exact) mass is 197 g/mol. The first-order chi connectivity index (χ1) is 5.20. The van der Waals surface area contributed by atoms with Crippen LogP contribution in [-0.2, 0) is 9.53 Å². The van der Waals surface area contributed by atoms with Crippen molar-refractivity contribution < 1.29 is 14.6 Å². The minimum atomic E-state index is -0.375. The van der Waals surface area contributed by atoms with Gasteiger partial charge in [-0.3, -0.25) is 4.79 Å². The highest BCUT2D eigenvalue weighted by molar-refractivity contribution is 5.85. The number of carbonyl (C=O) groups is 1. The Labute approximate surface area is 78.7 Å². The first-order valence-electron chi connectivity index (χ1n) is 3.66. The molecule has 5 heteroatoms. The number of rotatable bonds is 5. The SMILES string of the molecule is CCC(O)CNCC(=O)OC.Cl. The van der Waals surface area contributed by atoms with Crippen molar-refractivity contribution in [3.8, 4) is 0 Å². The Balaban J connectivity index is 0. The zero-order valence-corrected chi connectivity index (χ0v) is 8.19. The van der Waals surface area contributed by atoms with Gasteiger partial charge in [-0.2, -0.15) is 0 Å². The molecule has 0 heterocycles. The molecule has 4 nitrogen and oxygen atoms in total. The van der Waals surface area contributed by atoms with Crippen LogP contribution in [0.4, 0.5) is 0 Å². The van der Waals surface area contributed by atoms with Crippen molar-refractivity contribution in [2.45, 2.75) is 19.4 Å². The molecule has 0 fully saturated rings. The van der Waals surface area contributed by atoms with E-state index in [1.807, 2.05) is 6.92 Å². The van der Waals surface area contributed by atoms with Crippen LogP contribution >= 0.6 is 12.4 Å². The Morgan fingerprint density at radius 1 is 1.67 bits per heavy atom. The van der Waals surface area contributed by atoms with Crippen molar-refractivity contribution in [1.29, 1.82) is 0 Å². The number of halogens is 1. The number of esters is 1. The molecule has 2 N–H and O–H groups in total. The third kappa shape index (κ3) is 7.78. The van der Waals surface area contributed by atoms with Crippen molar-refractivity contribution in [2.75, 3.05) is 20.2 Å². The summed E-state index contributed by atoms with van der Waals surface area (Å²) < 4.78 is 4.38. The Kier molecular flexibility index (Phi) is 10.4. The lowest BCUT2D eigenvalue weighted by Crippen LogP contribution is -2.31. The van der Waals surface area contributed by atoms with Gasteiger partial charge < -0.3 is 15.2 Å². The van der Waals surface area contributed by atoms with Crippen LogP contribution in [0.3, 0.4) is 0 Å². The smallest absolute Gasteiger partial charge is 0.319 e. The molecular formula is C7H16ClNO3. The van der Waals surface area contributed by atoms with E-state index < -0.39 is 0 Å². The second-order valence-corrected chi connectivity index (χ2v) is 2.27. The van der Waals surface area contributed by atoms with E-state index in [1.165, 1.54) is 7.11 Å². The fraction of sp³-hybridized carbons (Fsp3) is 0.857. The van der Waals surface area contributed by atoms with Crippen molar-refractivity contribution in [3.63, 3.8) is 0 Å². The lowest BCUT2D eigenvalue weighted by Gasteiger charge is -2.07. The minimum Gasteiger partial charge on any atom is -0.468 e. The highest BCUT2D eigenvalue weighted by Gasteiger charge is 2.02. The Bertz CT molecular complexity index is 121. The zero-order chi connectivity index (χ0) is 8.69. The van der Waals surface area contributed by atoms with Crippen LogP contribution in [0.1, 0.15) is 13.3 Å². The van der Waals surface area contributed by atoms with Crippen LogP contribution < -0.4 is 5.32 Å². The quantitative estimate of drug-likeness (QED) is 0.607. The fourth-order valence-electron chi connectivity index (χ4n) is 0.557. The van der Waals surface area contributed by atoms with Gasteiger partial charge in [-0.15, -0.1) is 12.4 Å². The first kappa shape index (κ1) is 14.2. The second-order valence-electron chi connectivity index (χ2n) is 2.27. The van der Waals surface area contributed by atoms with Crippen LogP contribution in [-0.4, -0.2) is 37.4 Å². The number of nitrogens with one attached hydrogen (secondary N) is 1. The highest BCUT2D eigenvalue weighted by atomic mass is 35.5. The predicted octanol–water partition coefficient (Wildman–Crippen LogP) is -0.0583. The maximum absolute atomic E-state index is 10.5. The van der Waals surface area contributed by atoms with E-state index in [1.54, 1.807) is 0 Å². The van der Waals surface area contributed by atoms with Crippen molar-refractivity contribution in [2.24, 2.45) is 0 Å². The highest BCUT2D eigenvalue weighted by Crippen LogP contribution is 1.85. The molecule has 0 aromatic heterocycles. The molecular weight excluding hydrogens is 182 g/mol. The molecule has 0 saturated heterocycles. The summed E-state index contributed by atoms with van der Waals surface area (Å²) in [7, 11) is 1.33. The van der Waals surface area contributed by atoms with E-state index in [0.29, 0.717) is 13.0 Å². The number of methoxy groups -OCH3 is 1. The van der Waals surface area contributed by atoms with E-state index in [4.69, 9.17) is 5.11 Å². The Morgan fingerprint density at radius 2 is 2.25 bits per heavy atom. The molecule has 0 aliphatic rings. The maximum Gasteiger partial charge on any atom is 0.319 e. The summed E-state index contributed by atoms with van der Waals surface area (Å²) in [6.07, 6.45) is 0.313. The largest absolute Gasteiger partial charge is 0.468 e. The van der Waals surface area contributed by atoms with Crippen LogP contribution in [0.25, 0.3) is 0 Å². The third-order valence-corrected chi connectivity index (χ3v) is 1.35. The summed E-state index contributed by atoms with van der Waals surface area (Å²) in [5.41, 5.74) is 0. The number of carbonyl (C=O) groups excluding carboxylic acids is 1. The number of aliphatic hydroxyl groups excluding tert-OH is 1. The number of aliphatic hydroxyl groups is 1. The molecule has 0 saturated carbocycles. The Morgan fingerprint density at radius 3 is 2.67 bits per heavy atom. The minimum absolute atomic E-state index is 0. The average molecular weight is 198 g/mol. The van der Waals surface area contributed by atoms with E-state index in [0.717, 1.165) is 0 Å². The molecule has 0 aliphatic carbocycles. The van der Waals surface area contributed by atoms with Gasteiger partial charge in [-0.05, 0) is 6.42 Å². The standard InChI is InChI=1S/C7H15NO3.ClH/c1-3-6(9)4-8-5-7(10)11-2;/h6,8-9H,3-5H2,1-2H3;1H. The van der Waals surface area contributed by atoms with Crippen molar-refractivity contribution >= 4 is 18.4 Å². The van der Waals surface area contributed by atoms with Gasteiger partial charge in [-0.1, -0.05) is 6.92 Å². The molecule has 0 spiro atoms. The average Bonchev–Trinajstić information content (AvgIpc) is 2.04. The van der Waals surface area contributed by atoms with E-state index >= 15 is 0 Å². The molecule has 1 unspecified atom stereocenters. The predicted molar refractivity (Wildman–Crippen MR) is 48.4 cm³/mol. The molecule has 0 radical (unpaired) electrons. The first-order valence-corrected chi connectivity index (χ1v) is 3.66. The van der Waals surface area contributed by atoms with E-state index in [2.05, 4.69) is 10.1 Å². The van der Waals surface area contributed by atoms with Gasteiger partial charge in [-0.25, -0.2) is 0 Å². The van der Waals surface area contributed by atoms with Crippen molar-refractivity contribution in [1.82, 2.24) is 5.32 Å². The van der Waals surface area contributed by atoms with Gasteiger partial charge >= 0.3 is 5.97 Å². The van der Waals surface area contributed by atoms with Gasteiger partial charge in [0.05, 0.1) is 19.8 Å². The fourth-order valence-corrected chi connectivity index (χ4v) is 0.557. The molecule has 0 aromatic rings. The number of hydrogen-bond acceptors (Lipinski definition) is 4. The van der Waals surface area contributed by atoms with Crippen LogP contribution in [0, 0.1) is 0 Å². The summed E-state index contributed by atoms with van der Waals surface area (Å²) in [4.78, 5) is 10.5. The molecule has 0 aliphatic heterocycles. The second kappa shape index (κ2) is 8.77. The zero-order valence-electron chi connectivity index (χ0n) is 7.37. The molecule has 0 amide bonds. The molecule has 12 heavy (non-hydrogen) atoms. The summed E-state index contributed by atoms with van der Waals surface area (Å²) in [5.74, 6) is -0.312. The van der Waals surface area contributed by atoms with E-state index in [9.17, 15) is 4.79 Å². The molecule has 0 rings (SSSR count). The van der Waals surface area contributed by atoms with E-state index in [-0.39, 0.29) is 31.0 Å². The van der Waals surface area contributed by atoms with Gasteiger partial charge in [0.25, 0.3) is 0 Å². The molecule has 0 aromatic carbocycles. The van der Waals surface area contributed by atoms with Crippen molar-refractivity contribution in [3.05, 3.63) is 0 Å². The van der Waals surface area contributed by atoms with Gasteiger partial charge in [0.15, 0.2) is 0 Å². The lowest BCUT2D eigenvalue weighted by atomic mass is 10.3. The molecule has 74 valence electrons. The summed E-state index contributed by atoms with van der Waals surface area (Å²) >= 11 is 0. The molecule has 0 bridgehead atoms. The van der Waals surface area contributed by atoms with Gasteiger partial charge in [0, 0.05) is 6.54 Å². The topological polar surface area (TPSA) is 58.6 Å². The Hall–Kier alpha value is -0.320. The molecule has 1 atom stereocenters. The maximum atomic E-state index is 10.5. The van der Waals surface area contributed by atoms with Crippen LogP contribution in [0.2, 0.25) is 0 Å². The summed E-state index contributed by atoms with van der Waals surface area (Å²) in [6, 6.07) is 0. The number of ether oxygens (including phenoxy) is 1. The summed E-state index contributed by atoms with van der Waals surface area (Å²) in [6.45, 7) is 2.48.